The summed E-state index contributed by atoms with van der Waals surface area (Å²) < 4.78 is 3.06. The third-order valence-corrected chi connectivity index (χ3v) is 5.70. The average molecular weight is 293 g/mol. The van der Waals surface area contributed by atoms with Crippen LogP contribution in [0.15, 0.2) is 18.2 Å². The number of imidazole rings is 1. The van der Waals surface area contributed by atoms with E-state index in [0.717, 1.165) is 45.1 Å². The minimum absolute atomic E-state index is 0.760. The molecule has 3 unspecified atom stereocenters. The molecule has 1 aromatic carbocycles. The molecule has 2 fully saturated rings. The van der Waals surface area contributed by atoms with Gasteiger partial charge in [-0.1, -0.05) is 24.1 Å². The Kier molecular flexibility index (Phi) is 2.75. The molecule has 3 atom stereocenters. The van der Waals surface area contributed by atoms with Crippen LogP contribution in [0.3, 0.4) is 0 Å². The maximum absolute atomic E-state index is 6.23. The molecule has 4 rings (SSSR count). The minimum Gasteiger partial charge on any atom is -0.329 e. The summed E-state index contributed by atoms with van der Waals surface area (Å²) in [5.74, 6) is 2.72. The topological polar surface area (TPSA) is 20.7 Å². The second kappa shape index (κ2) is 4.35. The van der Waals surface area contributed by atoms with Crippen LogP contribution in [0.5, 0.6) is 0 Å². The summed E-state index contributed by atoms with van der Waals surface area (Å²) in [6.07, 6.45) is 5.71. The predicted octanol–water partition coefficient (Wildman–Crippen LogP) is 4.79. The Morgan fingerprint density at radius 1 is 1.32 bits per heavy atom. The fourth-order valence-corrected chi connectivity index (χ4v) is 4.65. The van der Waals surface area contributed by atoms with Gasteiger partial charge in [0.2, 0.25) is 0 Å². The van der Waals surface area contributed by atoms with Gasteiger partial charge in [-0.3, -0.25) is 0 Å². The Morgan fingerprint density at radius 2 is 2.21 bits per heavy atom. The highest BCUT2D eigenvalue weighted by atomic mass is 35.5. The molecule has 100 valence electrons. The molecule has 2 nitrogen and oxygen atoms in total. The summed E-state index contributed by atoms with van der Waals surface area (Å²) in [6, 6.07) is 6.03. The summed E-state index contributed by atoms with van der Waals surface area (Å²) in [4.78, 5) is 3.26. The zero-order chi connectivity index (χ0) is 13.0. The largest absolute Gasteiger partial charge is 0.329 e. The molecule has 0 spiro atoms. The van der Waals surface area contributed by atoms with Crippen LogP contribution in [-0.4, -0.2) is 9.55 Å². The number of H-pyrrole nitrogens is 1. The molecule has 1 aromatic heterocycles. The number of nitrogens with zero attached hydrogens (tertiary/aromatic N) is 1. The van der Waals surface area contributed by atoms with Crippen molar-refractivity contribution < 1.29 is 0 Å². The Hall–Kier alpha value is -0.800. The minimum atomic E-state index is 0.760. The van der Waals surface area contributed by atoms with Gasteiger partial charge >= 0.3 is 0 Å². The van der Waals surface area contributed by atoms with Gasteiger partial charge in [-0.2, -0.15) is 0 Å². The van der Waals surface area contributed by atoms with Crippen molar-refractivity contribution in [3.63, 3.8) is 0 Å². The highest BCUT2D eigenvalue weighted by Crippen LogP contribution is 2.49. The number of rotatable bonds is 2. The number of hydrogen-bond donors (Lipinski definition) is 1. The second-order valence-electron chi connectivity index (χ2n) is 6.11. The zero-order valence-corrected chi connectivity index (χ0v) is 12.3. The van der Waals surface area contributed by atoms with Crippen molar-refractivity contribution in [3.05, 3.63) is 28.0 Å². The molecule has 0 saturated heterocycles. The number of aromatic amines is 1. The van der Waals surface area contributed by atoms with Gasteiger partial charge in [0.05, 0.1) is 16.1 Å². The quantitative estimate of drug-likeness (QED) is 0.789. The molecular formula is C15H17ClN2S. The van der Waals surface area contributed by atoms with Gasteiger partial charge in [-0.05, 0) is 61.4 Å². The molecule has 2 saturated carbocycles. The van der Waals surface area contributed by atoms with Gasteiger partial charge in [0.1, 0.15) is 0 Å². The van der Waals surface area contributed by atoms with Crippen molar-refractivity contribution >= 4 is 34.9 Å². The molecule has 2 aliphatic rings. The number of nitrogens with one attached hydrogen (secondary N) is 1. The van der Waals surface area contributed by atoms with E-state index in [9.17, 15) is 0 Å². The van der Waals surface area contributed by atoms with Crippen LogP contribution >= 0.6 is 23.8 Å². The number of halogens is 1. The van der Waals surface area contributed by atoms with Gasteiger partial charge in [0, 0.05) is 6.54 Å². The summed E-state index contributed by atoms with van der Waals surface area (Å²) in [5.41, 5.74) is 2.14. The maximum atomic E-state index is 6.23. The molecular weight excluding hydrogens is 276 g/mol. The normalized spacial score (nSPS) is 29.4. The van der Waals surface area contributed by atoms with Gasteiger partial charge in [0.15, 0.2) is 4.77 Å². The third kappa shape index (κ3) is 1.86. The molecule has 2 aromatic rings. The molecule has 0 amide bonds. The lowest BCUT2D eigenvalue weighted by atomic mass is 9.89. The van der Waals surface area contributed by atoms with Crippen LogP contribution in [0, 0.1) is 22.5 Å². The first-order chi connectivity index (χ1) is 9.22. The van der Waals surface area contributed by atoms with Gasteiger partial charge < -0.3 is 9.55 Å². The molecule has 2 bridgehead atoms. The lowest BCUT2D eigenvalue weighted by Crippen LogP contribution is -2.17. The first-order valence-corrected chi connectivity index (χ1v) is 7.88. The lowest BCUT2D eigenvalue weighted by molar-refractivity contribution is 0.297. The van der Waals surface area contributed by atoms with Crippen molar-refractivity contribution in [1.82, 2.24) is 9.55 Å². The molecule has 0 radical (unpaired) electrons. The number of hydrogen-bond acceptors (Lipinski definition) is 1. The molecule has 2 aliphatic carbocycles. The fraction of sp³-hybridized carbons (Fsp3) is 0.533. The third-order valence-electron chi connectivity index (χ3n) is 5.06. The van der Waals surface area contributed by atoms with Gasteiger partial charge in [-0.15, -0.1) is 0 Å². The summed E-state index contributed by atoms with van der Waals surface area (Å²) in [7, 11) is 0. The van der Waals surface area contributed by atoms with E-state index in [4.69, 9.17) is 23.8 Å². The van der Waals surface area contributed by atoms with Crippen molar-refractivity contribution in [2.45, 2.75) is 32.2 Å². The number of benzene rings is 1. The van der Waals surface area contributed by atoms with Crippen LogP contribution in [0.1, 0.15) is 25.7 Å². The van der Waals surface area contributed by atoms with E-state index in [2.05, 4.69) is 15.6 Å². The van der Waals surface area contributed by atoms with Crippen LogP contribution < -0.4 is 0 Å². The zero-order valence-electron chi connectivity index (χ0n) is 10.7. The van der Waals surface area contributed by atoms with Crippen molar-refractivity contribution in [2.75, 3.05) is 0 Å². The van der Waals surface area contributed by atoms with Crippen LogP contribution in [-0.2, 0) is 6.54 Å². The van der Waals surface area contributed by atoms with Crippen LogP contribution in [0.2, 0.25) is 5.02 Å². The lowest BCUT2D eigenvalue weighted by Gasteiger charge is -2.22. The van der Waals surface area contributed by atoms with E-state index in [1.807, 2.05) is 12.1 Å². The van der Waals surface area contributed by atoms with Gasteiger partial charge in [-0.25, -0.2) is 0 Å². The Labute approximate surface area is 122 Å². The fourth-order valence-electron chi connectivity index (χ4n) is 4.16. The second-order valence-corrected chi connectivity index (χ2v) is 6.90. The smallest absolute Gasteiger partial charge is 0.178 e. The van der Waals surface area contributed by atoms with E-state index in [1.165, 1.54) is 25.7 Å². The number of aromatic nitrogens is 2. The van der Waals surface area contributed by atoms with E-state index in [1.54, 1.807) is 0 Å². The Balaban J connectivity index is 1.73. The predicted molar refractivity (Wildman–Crippen MR) is 81.1 cm³/mol. The van der Waals surface area contributed by atoms with Crippen LogP contribution in [0.4, 0.5) is 0 Å². The Bertz CT molecular complexity index is 687. The van der Waals surface area contributed by atoms with Gasteiger partial charge in [0.25, 0.3) is 0 Å². The molecule has 19 heavy (non-hydrogen) atoms. The van der Waals surface area contributed by atoms with Crippen molar-refractivity contribution in [2.24, 2.45) is 17.8 Å². The van der Waals surface area contributed by atoms with E-state index < -0.39 is 0 Å². The molecule has 4 heteroatoms. The monoisotopic (exact) mass is 292 g/mol. The Morgan fingerprint density at radius 3 is 2.95 bits per heavy atom. The highest BCUT2D eigenvalue weighted by Gasteiger charge is 2.39. The van der Waals surface area contributed by atoms with Crippen molar-refractivity contribution in [1.29, 1.82) is 0 Å². The SMILES string of the molecule is S=c1[nH]c2c(Cl)cccc2n1CC1CC2CCC1C2. The van der Waals surface area contributed by atoms with E-state index >= 15 is 0 Å². The molecule has 0 aliphatic heterocycles. The number of fused-ring (bicyclic) bond motifs is 3. The maximum Gasteiger partial charge on any atom is 0.178 e. The summed E-state index contributed by atoms with van der Waals surface area (Å²) in [6.45, 7) is 1.06. The molecule has 1 heterocycles. The first-order valence-electron chi connectivity index (χ1n) is 7.09. The summed E-state index contributed by atoms with van der Waals surface area (Å²) in [5, 5.41) is 0.760. The van der Waals surface area contributed by atoms with Crippen LogP contribution in [0.25, 0.3) is 11.0 Å². The molecule has 1 N–H and O–H groups in total. The average Bonchev–Trinajstić information content (AvgIpc) is 3.07. The standard InChI is InChI=1S/C15H17ClN2S/c16-12-2-1-3-13-14(12)17-15(19)18(13)8-11-7-9-4-5-10(11)6-9/h1-3,9-11H,4-8H2,(H,17,19). The number of para-hydroxylation sites is 1. The first kappa shape index (κ1) is 12.0. The van der Waals surface area contributed by atoms with E-state index in [0.29, 0.717) is 0 Å². The van der Waals surface area contributed by atoms with Crippen molar-refractivity contribution in [3.8, 4) is 0 Å². The summed E-state index contributed by atoms with van der Waals surface area (Å²) >= 11 is 11.7. The van der Waals surface area contributed by atoms with E-state index in [-0.39, 0.29) is 0 Å². The highest BCUT2D eigenvalue weighted by molar-refractivity contribution is 7.71.